The second-order valence-corrected chi connectivity index (χ2v) is 8.00. The van der Waals surface area contributed by atoms with E-state index < -0.39 is 27.7 Å². The van der Waals surface area contributed by atoms with Crippen molar-refractivity contribution in [2.45, 2.75) is 25.7 Å². The third kappa shape index (κ3) is 5.70. The van der Waals surface area contributed by atoms with Gasteiger partial charge in [-0.2, -0.15) is 0 Å². The molecule has 2 rings (SSSR count). The van der Waals surface area contributed by atoms with Crippen LogP contribution < -0.4 is 4.72 Å². The number of amides is 1. The van der Waals surface area contributed by atoms with E-state index >= 15 is 0 Å². The average molecular weight is 372 g/mol. The molecule has 0 aliphatic carbocycles. The molecule has 0 bridgehead atoms. The molecule has 1 heterocycles. The fourth-order valence-electron chi connectivity index (χ4n) is 2.97. The van der Waals surface area contributed by atoms with Crippen molar-refractivity contribution in [2.24, 2.45) is 5.92 Å². The minimum absolute atomic E-state index is 0.0292. The molecule has 1 amide bonds. The van der Waals surface area contributed by atoms with E-state index in [9.17, 15) is 22.4 Å². The number of nitrogens with zero attached hydrogens (tertiary/aromatic N) is 1. The lowest BCUT2D eigenvalue weighted by Crippen LogP contribution is -2.40. The van der Waals surface area contributed by atoms with Crippen LogP contribution in [0.4, 0.5) is 10.1 Å². The number of hydrogen-bond acceptors (Lipinski definition) is 4. The fraction of sp³-hybridized carbons (Fsp3) is 0.500. The molecule has 0 radical (unpaired) electrons. The van der Waals surface area contributed by atoms with E-state index in [0.29, 0.717) is 19.5 Å². The number of anilines is 1. The summed E-state index contributed by atoms with van der Waals surface area (Å²) in [5, 5.41) is 8.78. The Hall–Kier alpha value is -2.16. The molecule has 1 unspecified atom stereocenters. The molecule has 2 N–H and O–H groups in total. The number of benzene rings is 1. The zero-order valence-electron chi connectivity index (χ0n) is 13.9. The molecule has 1 atom stereocenters. The molecule has 9 heteroatoms. The van der Waals surface area contributed by atoms with Crippen molar-refractivity contribution in [2.75, 3.05) is 24.1 Å². The number of rotatable bonds is 6. The molecule has 0 spiro atoms. The highest BCUT2D eigenvalue weighted by atomic mass is 32.2. The molecule has 1 saturated heterocycles. The molecule has 1 aromatic rings. The van der Waals surface area contributed by atoms with Gasteiger partial charge in [0, 0.05) is 19.5 Å². The standard InChI is InChI=1S/C16H21FN2O5S/c1-25(23,24)18-14-6-5-12(17)9-13(14)16(22)19-8-2-3-11(10-19)4-7-15(20)21/h5-6,9,11,18H,2-4,7-8,10H2,1H3,(H,20,21). The van der Waals surface area contributed by atoms with E-state index in [1.165, 1.54) is 11.0 Å². The number of carbonyl (C=O) groups excluding carboxylic acids is 1. The molecule has 138 valence electrons. The molecule has 1 aliphatic rings. The first-order valence-corrected chi connectivity index (χ1v) is 9.83. The Kier molecular flexibility index (Phi) is 5.99. The van der Waals surface area contributed by atoms with Crippen molar-refractivity contribution in [3.8, 4) is 0 Å². The van der Waals surface area contributed by atoms with Crippen LogP contribution in [0.5, 0.6) is 0 Å². The Bertz CT molecular complexity index is 766. The van der Waals surface area contributed by atoms with Crippen molar-refractivity contribution in [1.29, 1.82) is 0 Å². The van der Waals surface area contributed by atoms with E-state index in [1.54, 1.807) is 0 Å². The summed E-state index contributed by atoms with van der Waals surface area (Å²) in [4.78, 5) is 25.0. The second-order valence-electron chi connectivity index (χ2n) is 6.26. The van der Waals surface area contributed by atoms with E-state index in [1.807, 2.05) is 0 Å². The van der Waals surface area contributed by atoms with E-state index in [4.69, 9.17) is 5.11 Å². The lowest BCUT2D eigenvalue weighted by Gasteiger charge is -2.33. The van der Waals surface area contributed by atoms with Crippen LogP contribution in [0.15, 0.2) is 18.2 Å². The van der Waals surface area contributed by atoms with Gasteiger partial charge in [-0.05, 0) is 43.4 Å². The zero-order valence-corrected chi connectivity index (χ0v) is 14.7. The maximum Gasteiger partial charge on any atom is 0.303 e. The van der Waals surface area contributed by atoms with Crippen molar-refractivity contribution in [3.63, 3.8) is 0 Å². The van der Waals surface area contributed by atoms with Gasteiger partial charge in [-0.15, -0.1) is 0 Å². The predicted molar refractivity (Wildman–Crippen MR) is 90.4 cm³/mol. The molecular weight excluding hydrogens is 351 g/mol. The smallest absolute Gasteiger partial charge is 0.303 e. The Balaban J connectivity index is 2.18. The summed E-state index contributed by atoms with van der Waals surface area (Å²) in [6.07, 6.45) is 3.01. The van der Waals surface area contributed by atoms with E-state index in [-0.39, 0.29) is 23.6 Å². The Morgan fingerprint density at radius 1 is 1.40 bits per heavy atom. The predicted octanol–water partition coefficient (Wildman–Crippen LogP) is 1.91. The van der Waals surface area contributed by atoms with Gasteiger partial charge in [-0.3, -0.25) is 14.3 Å². The number of sulfonamides is 1. The number of carbonyl (C=O) groups is 2. The summed E-state index contributed by atoms with van der Waals surface area (Å²) in [5.74, 6) is -1.92. The van der Waals surface area contributed by atoms with Gasteiger partial charge in [0.25, 0.3) is 5.91 Å². The second kappa shape index (κ2) is 7.81. The third-order valence-electron chi connectivity index (χ3n) is 4.08. The number of halogens is 1. The number of nitrogens with one attached hydrogen (secondary N) is 1. The van der Waals surface area contributed by atoms with Crippen LogP contribution in [0.25, 0.3) is 0 Å². The largest absolute Gasteiger partial charge is 0.481 e. The van der Waals surface area contributed by atoms with Gasteiger partial charge in [-0.1, -0.05) is 0 Å². The highest BCUT2D eigenvalue weighted by Crippen LogP contribution is 2.25. The van der Waals surface area contributed by atoms with Gasteiger partial charge in [-0.25, -0.2) is 12.8 Å². The maximum absolute atomic E-state index is 13.6. The minimum atomic E-state index is -3.61. The third-order valence-corrected chi connectivity index (χ3v) is 4.67. The van der Waals surface area contributed by atoms with Gasteiger partial charge in [0.15, 0.2) is 0 Å². The molecule has 1 fully saturated rings. The topological polar surface area (TPSA) is 104 Å². The van der Waals surface area contributed by atoms with Crippen LogP contribution in [0.3, 0.4) is 0 Å². The number of likely N-dealkylation sites (tertiary alicyclic amines) is 1. The number of aliphatic carboxylic acids is 1. The van der Waals surface area contributed by atoms with Crippen LogP contribution in [0.2, 0.25) is 0 Å². The first kappa shape index (κ1) is 19.2. The molecule has 7 nitrogen and oxygen atoms in total. The van der Waals surface area contributed by atoms with Crippen LogP contribution in [0.1, 0.15) is 36.0 Å². The first-order chi connectivity index (χ1) is 11.7. The number of hydrogen-bond donors (Lipinski definition) is 2. The lowest BCUT2D eigenvalue weighted by atomic mass is 9.93. The van der Waals surface area contributed by atoms with Crippen LogP contribution in [0, 0.1) is 11.7 Å². The monoisotopic (exact) mass is 372 g/mol. The van der Waals surface area contributed by atoms with E-state index in [2.05, 4.69) is 4.72 Å². The SMILES string of the molecule is CS(=O)(=O)Nc1ccc(F)cc1C(=O)N1CCCC(CCC(=O)O)C1. The number of carboxylic acids is 1. The van der Waals surface area contributed by atoms with E-state index in [0.717, 1.165) is 31.2 Å². The van der Waals surface area contributed by atoms with Crippen LogP contribution in [-0.4, -0.2) is 49.6 Å². The molecule has 0 aromatic heterocycles. The lowest BCUT2D eigenvalue weighted by molar-refractivity contribution is -0.137. The highest BCUT2D eigenvalue weighted by molar-refractivity contribution is 7.92. The number of piperidine rings is 1. The molecular formula is C16H21FN2O5S. The summed E-state index contributed by atoms with van der Waals surface area (Å²) in [6.45, 7) is 0.845. The van der Waals surface area contributed by atoms with Crippen LogP contribution >= 0.6 is 0 Å². The van der Waals surface area contributed by atoms with Gasteiger partial charge >= 0.3 is 5.97 Å². The van der Waals surface area contributed by atoms with Crippen molar-refractivity contribution >= 4 is 27.6 Å². The van der Waals surface area contributed by atoms with Crippen molar-refractivity contribution < 1.29 is 27.5 Å². The van der Waals surface area contributed by atoms with Crippen LogP contribution in [-0.2, 0) is 14.8 Å². The maximum atomic E-state index is 13.6. The quantitative estimate of drug-likeness (QED) is 0.794. The van der Waals surface area contributed by atoms with Crippen molar-refractivity contribution in [1.82, 2.24) is 4.90 Å². The number of carboxylic acid groups (broad SMARTS) is 1. The van der Waals surface area contributed by atoms with Gasteiger partial charge < -0.3 is 10.0 Å². The van der Waals surface area contributed by atoms with Gasteiger partial charge in [0.05, 0.1) is 17.5 Å². The van der Waals surface area contributed by atoms with Gasteiger partial charge in [0.2, 0.25) is 10.0 Å². The normalized spacial score (nSPS) is 18.0. The minimum Gasteiger partial charge on any atom is -0.481 e. The summed E-state index contributed by atoms with van der Waals surface area (Å²) >= 11 is 0. The zero-order chi connectivity index (χ0) is 18.6. The Morgan fingerprint density at radius 2 is 2.12 bits per heavy atom. The molecule has 1 aliphatic heterocycles. The molecule has 0 saturated carbocycles. The first-order valence-electron chi connectivity index (χ1n) is 7.94. The summed E-state index contributed by atoms with van der Waals surface area (Å²) in [7, 11) is -3.61. The summed E-state index contributed by atoms with van der Waals surface area (Å²) in [6, 6.07) is 3.31. The van der Waals surface area contributed by atoms with Gasteiger partial charge in [0.1, 0.15) is 5.82 Å². The Labute approximate surface area is 145 Å². The Morgan fingerprint density at radius 3 is 2.76 bits per heavy atom. The fourth-order valence-corrected chi connectivity index (χ4v) is 3.54. The molecule has 25 heavy (non-hydrogen) atoms. The summed E-state index contributed by atoms with van der Waals surface area (Å²) in [5.41, 5.74) is -0.0223. The average Bonchev–Trinajstić information content (AvgIpc) is 2.53. The van der Waals surface area contributed by atoms with Crippen molar-refractivity contribution in [3.05, 3.63) is 29.6 Å². The molecule has 1 aromatic carbocycles. The highest BCUT2D eigenvalue weighted by Gasteiger charge is 2.27. The summed E-state index contributed by atoms with van der Waals surface area (Å²) < 4.78 is 38.7.